The molecule has 5 nitrogen and oxygen atoms in total. The van der Waals surface area contributed by atoms with Crippen LogP contribution >= 0.6 is 11.3 Å². The lowest BCUT2D eigenvalue weighted by Crippen LogP contribution is -2.14. The Balaban J connectivity index is 1.08. The third-order valence-electron chi connectivity index (χ3n) is 12.7. The number of benzene rings is 8. The van der Waals surface area contributed by atoms with Crippen LogP contribution in [0.4, 0.5) is 0 Å². The van der Waals surface area contributed by atoms with Crippen molar-refractivity contribution in [2.24, 2.45) is 0 Å². The van der Waals surface area contributed by atoms with Gasteiger partial charge >= 0.3 is 0 Å². The van der Waals surface area contributed by atoms with Crippen LogP contribution in [0.1, 0.15) is 25.0 Å². The number of hydrogen-bond donors (Lipinski definition) is 0. The van der Waals surface area contributed by atoms with E-state index < -0.39 is 0 Å². The van der Waals surface area contributed by atoms with E-state index in [0.717, 1.165) is 44.3 Å². The highest BCUT2D eigenvalue weighted by Gasteiger charge is 2.36. The molecule has 0 fully saturated rings. The van der Waals surface area contributed by atoms with E-state index in [1.54, 1.807) is 0 Å². The second-order valence-electron chi connectivity index (χ2n) is 16.4. The third kappa shape index (κ3) is 4.71. The molecule has 4 aromatic heterocycles. The molecular formula is C54H34N4OS. The zero-order valence-corrected chi connectivity index (χ0v) is 33.6. The minimum atomic E-state index is -0.145. The summed E-state index contributed by atoms with van der Waals surface area (Å²) >= 11 is 1.87. The van der Waals surface area contributed by atoms with E-state index in [1.165, 1.54) is 64.2 Å². The number of hydrogen-bond acceptors (Lipinski definition) is 5. The van der Waals surface area contributed by atoms with Gasteiger partial charge in [0.1, 0.15) is 11.2 Å². The van der Waals surface area contributed by atoms with Crippen molar-refractivity contribution in [2.75, 3.05) is 0 Å². The minimum Gasteiger partial charge on any atom is -0.455 e. The van der Waals surface area contributed by atoms with E-state index in [2.05, 4.69) is 134 Å². The van der Waals surface area contributed by atoms with Crippen molar-refractivity contribution >= 4 is 75.3 Å². The van der Waals surface area contributed by atoms with Gasteiger partial charge in [0.2, 0.25) is 0 Å². The van der Waals surface area contributed by atoms with Crippen molar-refractivity contribution in [3.63, 3.8) is 0 Å². The topological polar surface area (TPSA) is 56.7 Å². The SMILES string of the molecule is CC1(C)c2ccccc2-c2cc3c4ccc5c6ccccc6sc5c4n(-c4cccc(-c5nc(-c6ccccc6)nc(-c6cccc7c6oc6ccccc67)n5)c4)c3cc21. The average Bonchev–Trinajstić information content (AvgIpc) is 4.03. The summed E-state index contributed by atoms with van der Waals surface area (Å²) in [7, 11) is 0. The smallest absolute Gasteiger partial charge is 0.167 e. The van der Waals surface area contributed by atoms with Gasteiger partial charge in [0.15, 0.2) is 17.5 Å². The standard InChI is InChI=1S/C54H34N4OS/c1-54(2)43-23-9-6-18-34(43)41-29-42-37-26-27-39-36-20-8-11-25-47(36)60-50(39)48(37)58(45(42)30-44(41)54)33-17-12-16-32(28-33)52-55-51(31-14-4-3-5-15-31)56-53(57-52)40-22-13-21-38-35-19-7-10-24-46(35)59-49(38)40/h3-30H,1-2H3. The molecule has 282 valence electrons. The first-order chi connectivity index (χ1) is 29.5. The van der Waals surface area contributed by atoms with E-state index in [-0.39, 0.29) is 5.41 Å². The van der Waals surface area contributed by atoms with E-state index in [0.29, 0.717) is 17.5 Å². The lowest BCUT2D eigenvalue weighted by atomic mass is 9.82. The van der Waals surface area contributed by atoms with Crippen LogP contribution in [0.15, 0.2) is 174 Å². The van der Waals surface area contributed by atoms with Crippen molar-refractivity contribution in [2.45, 2.75) is 19.3 Å². The molecule has 0 spiro atoms. The molecule has 8 aromatic carbocycles. The lowest BCUT2D eigenvalue weighted by Gasteiger charge is -2.21. The molecule has 13 rings (SSSR count). The van der Waals surface area contributed by atoms with Crippen LogP contribution in [0.5, 0.6) is 0 Å². The fourth-order valence-electron chi connectivity index (χ4n) is 9.79. The maximum Gasteiger partial charge on any atom is 0.167 e. The van der Waals surface area contributed by atoms with Crippen LogP contribution < -0.4 is 0 Å². The first kappa shape index (κ1) is 33.6. The third-order valence-corrected chi connectivity index (χ3v) is 13.8. The summed E-state index contributed by atoms with van der Waals surface area (Å²) in [6.45, 7) is 4.71. The molecule has 0 amide bonds. The fourth-order valence-corrected chi connectivity index (χ4v) is 11.0. The second kappa shape index (κ2) is 12.3. The van der Waals surface area contributed by atoms with Crippen LogP contribution in [-0.2, 0) is 5.41 Å². The predicted molar refractivity (Wildman–Crippen MR) is 248 cm³/mol. The number of aromatic nitrogens is 4. The average molecular weight is 787 g/mol. The molecule has 60 heavy (non-hydrogen) atoms. The van der Waals surface area contributed by atoms with E-state index in [4.69, 9.17) is 19.4 Å². The molecule has 0 bridgehead atoms. The Morgan fingerprint density at radius 1 is 0.483 bits per heavy atom. The van der Waals surface area contributed by atoms with Gasteiger partial charge in [-0.25, -0.2) is 15.0 Å². The highest BCUT2D eigenvalue weighted by molar-refractivity contribution is 7.26. The van der Waals surface area contributed by atoms with Crippen LogP contribution in [-0.4, -0.2) is 19.5 Å². The Kier molecular flexibility index (Phi) is 6.88. The normalized spacial score (nSPS) is 13.3. The summed E-state index contributed by atoms with van der Waals surface area (Å²) in [6, 6.07) is 60.4. The van der Waals surface area contributed by atoms with Crippen molar-refractivity contribution in [3.05, 3.63) is 181 Å². The summed E-state index contributed by atoms with van der Waals surface area (Å²) in [6.07, 6.45) is 0. The van der Waals surface area contributed by atoms with Gasteiger partial charge < -0.3 is 8.98 Å². The van der Waals surface area contributed by atoms with Gasteiger partial charge in [-0.15, -0.1) is 11.3 Å². The van der Waals surface area contributed by atoms with Gasteiger partial charge in [0.25, 0.3) is 0 Å². The first-order valence-electron chi connectivity index (χ1n) is 20.4. The first-order valence-corrected chi connectivity index (χ1v) is 21.2. The molecule has 1 aliphatic carbocycles. The van der Waals surface area contributed by atoms with Crippen LogP contribution in [0.3, 0.4) is 0 Å². The molecule has 0 aliphatic heterocycles. The quantitative estimate of drug-likeness (QED) is 0.178. The second-order valence-corrected chi connectivity index (χ2v) is 17.4. The van der Waals surface area contributed by atoms with Crippen molar-refractivity contribution in [1.29, 1.82) is 0 Å². The lowest BCUT2D eigenvalue weighted by molar-refractivity contribution is 0.661. The maximum atomic E-state index is 6.50. The number of para-hydroxylation sites is 2. The largest absolute Gasteiger partial charge is 0.455 e. The monoisotopic (exact) mass is 786 g/mol. The number of thiophene rings is 1. The zero-order chi connectivity index (χ0) is 39.7. The summed E-state index contributed by atoms with van der Waals surface area (Å²) in [5.41, 5.74) is 12.9. The van der Waals surface area contributed by atoms with Gasteiger partial charge in [-0.2, -0.15) is 0 Å². The summed E-state index contributed by atoms with van der Waals surface area (Å²) in [5.74, 6) is 1.77. The zero-order valence-electron chi connectivity index (χ0n) is 32.8. The van der Waals surface area contributed by atoms with E-state index in [1.807, 2.05) is 65.9 Å². The fraction of sp³-hybridized carbons (Fsp3) is 0.0556. The Morgan fingerprint density at radius 2 is 1.17 bits per heavy atom. The highest BCUT2D eigenvalue weighted by Crippen LogP contribution is 2.52. The molecule has 0 N–H and O–H groups in total. The van der Waals surface area contributed by atoms with Gasteiger partial charge in [-0.1, -0.05) is 141 Å². The Labute approximate surface area is 348 Å². The summed E-state index contributed by atoms with van der Waals surface area (Å²) in [4.78, 5) is 15.5. The van der Waals surface area contributed by atoms with E-state index in [9.17, 15) is 0 Å². The molecule has 0 unspecified atom stereocenters. The number of nitrogens with zero attached hydrogens (tertiary/aromatic N) is 4. The molecule has 0 atom stereocenters. The predicted octanol–water partition coefficient (Wildman–Crippen LogP) is 14.5. The van der Waals surface area contributed by atoms with Crippen LogP contribution in [0, 0.1) is 0 Å². The highest BCUT2D eigenvalue weighted by atomic mass is 32.1. The molecule has 0 radical (unpaired) electrons. The number of rotatable bonds is 4. The van der Waals surface area contributed by atoms with Crippen molar-refractivity contribution in [3.8, 4) is 51.0 Å². The molecule has 6 heteroatoms. The molecular weight excluding hydrogens is 753 g/mol. The van der Waals surface area contributed by atoms with Gasteiger partial charge in [-0.05, 0) is 64.7 Å². The van der Waals surface area contributed by atoms with Crippen molar-refractivity contribution < 1.29 is 4.42 Å². The van der Waals surface area contributed by atoms with Crippen LogP contribution in [0.25, 0.3) is 115 Å². The number of furan rings is 1. The Hall–Kier alpha value is -7.41. The van der Waals surface area contributed by atoms with Crippen LogP contribution in [0.2, 0.25) is 0 Å². The maximum absolute atomic E-state index is 6.50. The summed E-state index contributed by atoms with van der Waals surface area (Å²) < 4.78 is 11.6. The van der Waals surface area contributed by atoms with Crippen molar-refractivity contribution in [1.82, 2.24) is 19.5 Å². The van der Waals surface area contributed by atoms with Gasteiger partial charge in [-0.3, -0.25) is 0 Å². The Morgan fingerprint density at radius 3 is 2.07 bits per heavy atom. The van der Waals surface area contributed by atoms with E-state index >= 15 is 0 Å². The molecule has 0 saturated carbocycles. The molecule has 12 aromatic rings. The molecule has 1 aliphatic rings. The van der Waals surface area contributed by atoms with Gasteiger partial charge in [0, 0.05) is 59.2 Å². The summed E-state index contributed by atoms with van der Waals surface area (Å²) in [5, 5.41) is 7.14. The van der Waals surface area contributed by atoms with Gasteiger partial charge in [0.05, 0.1) is 21.3 Å². The minimum absolute atomic E-state index is 0.145. The number of fused-ring (bicyclic) bond motifs is 13. The molecule has 4 heterocycles. The molecule has 0 saturated heterocycles. The Bertz CT molecular complexity index is 3760.